The van der Waals surface area contributed by atoms with Gasteiger partial charge in [-0.1, -0.05) is 30.3 Å². The first kappa shape index (κ1) is 14.4. The molecule has 20 heavy (non-hydrogen) atoms. The lowest BCUT2D eigenvalue weighted by molar-refractivity contribution is -0.136. The van der Waals surface area contributed by atoms with Crippen molar-refractivity contribution in [3.8, 4) is 0 Å². The number of amides is 2. The van der Waals surface area contributed by atoms with Gasteiger partial charge < -0.3 is 15.7 Å². The highest BCUT2D eigenvalue weighted by Gasteiger charge is 2.32. The fourth-order valence-corrected chi connectivity index (χ4v) is 2.20. The Labute approximate surface area is 118 Å². The zero-order valence-electron chi connectivity index (χ0n) is 11.3. The summed E-state index contributed by atoms with van der Waals surface area (Å²) in [5.74, 6) is -0.367. The number of carbonyl (C=O) groups is 2. The van der Waals surface area contributed by atoms with Crippen molar-refractivity contribution >= 4 is 12.0 Å². The van der Waals surface area contributed by atoms with Gasteiger partial charge in [0.1, 0.15) is 0 Å². The van der Waals surface area contributed by atoms with Crippen LogP contribution in [0.4, 0.5) is 4.79 Å². The first-order valence-electron chi connectivity index (χ1n) is 6.95. The lowest BCUT2D eigenvalue weighted by atomic mass is 10.0. The molecule has 1 saturated carbocycles. The number of aliphatic carboxylic acids is 1. The zero-order valence-corrected chi connectivity index (χ0v) is 11.3. The Morgan fingerprint density at radius 2 is 1.95 bits per heavy atom. The zero-order chi connectivity index (χ0) is 14.4. The summed E-state index contributed by atoms with van der Waals surface area (Å²) in [5, 5.41) is 14.1. The van der Waals surface area contributed by atoms with Crippen LogP contribution in [0.3, 0.4) is 0 Å². The van der Waals surface area contributed by atoms with Crippen molar-refractivity contribution in [2.24, 2.45) is 5.92 Å². The summed E-state index contributed by atoms with van der Waals surface area (Å²) >= 11 is 0. The second-order valence-corrected chi connectivity index (χ2v) is 5.18. The van der Waals surface area contributed by atoms with Gasteiger partial charge in [-0.15, -0.1) is 0 Å². The van der Waals surface area contributed by atoms with Crippen molar-refractivity contribution in [2.75, 3.05) is 6.54 Å². The molecule has 5 nitrogen and oxygen atoms in total. The molecular formula is C15H20N2O3. The van der Waals surface area contributed by atoms with Crippen LogP contribution in [0.25, 0.3) is 0 Å². The van der Waals surface area contributed by atoms with Crippen molar-refractivity contribution in [3.63, 3.8) is 0 Å². The number of hydrogen-bond acceptors (Lipinski definition) is 2. The molecule has 0 aliphatic heterocycles. The van der Waals surface area contributed by atoms with Crippen LogP contribution < -0.4 is 10.6 Å². The lowest BCUT2D eigenvalue weighted by Crippen LogP contribution is -2.44. The van der Waals surface area contributed by atoms with Gasteiger partial charge in [0.25, 0.3) is 0 Å². The summed E-state index contributed by atoms with van der Waals surface area (Å²) in [6, 6.07) is 9.92. The quantitative estimate of drug-likeness (QED) is 0.710. The summed E-state index contributed by atoms with van der Waals surface area (Å²) in [6.45, 7) is 0.157. The van der Waals surface area contributed by atoms with E-state index in [1.54, 1.807) is 0 Å². The third-order valence-corrected chi connectivity index (χ3v) is 3.43. The van der Waals surface area contributed by atoms with Crippen LogP contribution in [-0.4, -0.2) is 29.7 Å². The van der Waals surface area contributed by atoms with Crippen molar-refractivity contribution in [1.29, 1.82) is 0 Å². The molecule has 2 rings (SSSR count). The molecule has 0 saturated heterocycles. The van der Waals surface area contributed by atoms with E-state index in [9.17, 15) is 9.59 Å². The van der Waals surface area contributed by atoms with Crippen LogP contribution >= 0.6 is 0 Å². The van der Waals surface area contributed by atoms with E-state index in [1.165, 1.54) is 5.56 Å². The van der Waals surface area contributed by atoms with Gasteiger partial charge in [0, 0.05) is 12.6 Å². The molecule has 1 unspecified atom stereocenters. The van der Waals surface area contributed by atoms with Gasteiger partial charge >= 0.3 is 12.0 Å². The summed E-state index contributed by atoms with van der Waals surface area (Å²) in [6.07, 6.45) is 3.05. The number of nitrogens with one attached hydrogen (secondary N) is 2. The van der Waals surface area contributed by atoms with Gasteiger partial charge in [-0.25, -0.2) is 4.79 Å². The molecule has 5 heteroatoms. The molecule has 1 aromatic carbocycles. The fraction of sp³-hybridized carbons (Fsp3) is 0.467. The highest BCUT2D eigenvalue weighted by atomic mass is 16.4. The molecule has 108 valence electrons. The number of carboxylic acid groups (broad SMARTS) is 1. The SMILES string of the molecule is O=C(O)CCNC(=O)NC(Cc1ccccc1)C1CC1. The molecule has 1 aliphatic carbocycles. The average Bonchev–Trinajstić information content (AvgIpc) is 3.23. The molecule has 0 heterocycles. The van der Waals surface area contributed by atoms with Crippen LogP contribution in [0, 0.1) is 5.92 Å². The predicted octanol–water partition coefficient (Wildman–Crippen LogP) is 1.78. The minimum absolute atomic E-state index is 0.0554. The van der Waals surface area contributed by atoms with Crippen molar-refractivity contribution in [1.82, 2.24) is 10.6 Å². The molecular weight excluding hydrogens is 256 g/mol. The number of rotatable bonds is 7. The molecule has 0 radical (unpaired) electrons. The van der Waals surface area contributed by atoms with Crippen LogP contribution in [0.5, 0.6) is 0 Å². The minimum Gasteiger partial charge on any atom is -0.481 e. The molecule has 1 fully saturated rings. The topological polar surface area (TPSA) is 78.4 Å². The first-order chi connectivity index (χ1) is 9.65. The van der Waals surface area contributed by atoms with Crippen molar-refractivity contribution < 1.29 is 14.7 Å². The Morgan fingerprint density at radius 3 is 2.55 bits per heavy atom. The Bertz CT molecular complexity index is 457. The maximum Gasteiger partial charge on any atom is 0.315 e. The molecule has 0 aromatic heterocycles. The second-order valence-electron chi connectivity index (χ2n) is 5.18. The van der Waals surface area contributed by atoms with E-state index in [1.807, 2.05) is 18.2 Å². The van der Waals surface area contributed by atoms with Crippen LogP contribution in [0.2, 0.25) is 0 Å². The highest BCUT2D eigenvalue weighted by molar-refractivity contribution is 5.75. The predicted molar refractivity (Wildman–Crippen MR) is 75.4 cm³/mol. The maximum atomic E-state index is 11.7. The van der Waals surface area contributed by atoms with E-state index in [0.717, 1.165) is 19.3 Å². The summed E-state index contributed by atoms with van der Waals surface area (Å²) in [7, 11) is 0. The molecule has 2 amide bonds. The van der Waals surface area contributed by atoms with Crippen LogP contribution in [0.15, 0.2) is 30.3 Å². The third kappa shape index (κ3) is 4.91. The van der Waals surface area contributed by atoms with Gasteiger partial charge in [-0.3, -0.25) is 4.79 Å². The summed E-state index contributed by atoms with van der Waals surface area (Å²) < 4.78 is 0. The minimum atomic E-state index is -0.909. The highest BCUT2D eigenvalue weighted by Crippen LogP contribution is 2.34. The van der Waals surface area contributed by atoms with E-state index < -0.39 is 5.97 Å². The largest absolute Gasteiger partial charge is 0.481 e. The van der Waals surface area contributed by atoms with Crippen LogP contribution in [-0.2, 0) is 11.2 Å². The standard InChI is InChI=1S/C15H20N2O3/c18-14(19)8-9-16-15(20)17-13(12-6-7-12)10-11-4-2-1-3-5-11/h1-5,12-13H,6-10H2,(H,18,19)(H2,16,17,20). The number of benzene rings is 1. The van der Waals surface area contributed by atoms with Crippen molar-refractivity contribution in [3.05, 3.63) is 35.9 Å². The lowest BCUT2D eigenvalue weighted by Gasteiger charge is -2.18. The van der Waals surface area contributed by atoms with Gasteiger partial charge in [0.05, 0.1) is 6.42 Å². The van der Waals surface area contributed by atoms with E-state index in [4.69, 9.17) is 5.11 Å². The molecule has 0 bridgehead atoms. The van der Waals surface area contributed by atoms with Gasteiger partial charge in [-0.2, -0.15) is 0 Å². The molecule has 1 atom stereocenters. The third-order valence-electron chi connectivity index (χ3n) is 3.43. The van der Waals surface area contributed by atoms with Gasteiger partial charge in [0.15, 0.2) is 0 Å². The van der Waals surface area contributed by atoms with Crippen LogP contribution in [0.1, 0.15) is 24.8 Å². The number of carbonyl (C=O) groups excluding carboxylic acids is 1. The molecule has 0 spiro atoms. The number of carboxylic acids is 1. The molecule has 3 N–H and O–H groups in total. The van der Waals surface area contributed by atoms with E-state index >= 15 is 0 Å². The monoisotopic (exact) mass is 276 g/mol. The number of urea groups is 1. The Hall–Kier alpha value is -2.04. The van der Waals surface area contributed by atoms with Crippen molar-refractivity contribution in [2.45, 2.75) is 31.7 Å². The molecule has 1 aromatic rings. The van der Waals surface area contributed by atoms with Gasteiger partial charge in [0.2, 0.25) is 0 Å². The van der Waals surface area contributed by atoms with E-state index in [0.29, 0.717) is 5.92 Å². The van der Waals surface area contributed by atoms with E-state index in [2.05, 4.69) is 22.8 Å². The Kier molecular flexibility index (Phi) is 4.98. The Morgan fingerprint density at radius 1 is 1.25 bits per heavy atom. The molecule has 1 aliphatic rings. The Balaban J connectivity index is 1.80. The number of hydrogen-bond donors (Lipinski definition) is 3. The second kappa shape index (κ2) is 6.93. The fourth-order valence-electron chi connectivity index (χ4n) is 2.20. The smallest absolute Gasteiger partial charge is 0.315 e. The normalized spacial score (nSPS) is 15.4. The van der Waals surface area contributed by atoms with Gasteiger partial charge in [-0.05, 0) is 30.7 Å². The summed E-state index contributed by atoms with van der Waals surface area (Å²) in [5.41, 5.74) is 1.20. The maximum absolute atomic E-state index is 11.7. The first-order valence-corrected chi connectivity index (χ1v) is 6.95. The van der Waals surface area contributed by atoms with E-state index in [-0.39, 0.29) is 25.0 Å². The average molecular weight is 276 g/mol. The summed E-state index contributed by atoms with van der Waals surface area (Å²) in [4.78, 5) is 22.1.